The van der Waals surface area contributed by atoms with Gasteiger partial charge in [-0.2, -0.15) is 0 Å². The maximum absolute atomic E-state index is 12.9. The van der Waals surface area contributed by atoms with Crippen LogP contribution in [0.25, 0.3) is 0 Å². The third-order valence-corrected chi connectivity index (χ3v) is 6.38. The Morgan fingerprint density at radius 1 is 0.920 bits per heavy atom. The summed E-state index contributed by atoms with van der Waals surface area (Å²) in [5.41, 5.74) is 3.76. The predicted octanol–water partition coefficient (Wildman–Crippen LogP) is 2.72. The average molecular weight is 335 g/mol. The van der Waals surface area contributed by atoms with Crippen molar-refractivity contribution in [1.29, 1.82) is 0 Å². The van der Waals surface area contributed by atoms with Crippen molar-refractivity contribution >= 4 is 5.91 Å². The zero-order valence-corrected chi connectivity index (χ0v) is 14.5. The van der Waals surface area contributed by atoms with Gasteiger partial charge in [0.1, 0.15) is 5.69 Å². The maximum Gasteiger partial charge on any atom is 0.270 e. The summed E-state index contributed by atoms with van der Waals surface area (Å²) in [6.07, 6.45) is 6.58. The molecule has 1 aromatic heterocycles. The summed E-state index contributed by atoms with van der Waals surface area (Å²) in [5, 5.41) is 0. The number of fused-ring (bicyclic) bond motifs is 5. The van der Waals surface area contributed by atoms with Gasteiger partial charge in [-0.25, -0.2) is 0 Å². The van der Waals surface area contributed by atoms with Crippen molar-refractivity contribution in [3.63, 3.8) is 0 Å². The van der Waals surface area contributed by atoms with Crippen LogP contribution in [0, 0.1) is 5.92 Å². The highest BCUT2D eigenvalue weighted by atomic mass is 16.2. The van der Waals surface area contributed by atoms with Crippen molar-refractivity contribution in [2.75, 3.05) is 19.6 Å². The Balaban J connectivity index is 1.34. The molecular weight excluding hydrogens is 310 g/mol. The molecule has 25 heavy (non-hydrogen) atoms. The third kappa shape index (κ3) is 2.69. The van der Waals surface area contributed by atoms with Gasteiger partial charge in [0.2, 0.25) is 0 Å². The Hall–Kier alpha value is -2.07. The predicted molar refractivity (Wildman–Crippen MR) is 97.6 cm³/mol. The highest BCUT2D eigenvalue weighted by molar-refractivity contribution is 5.92. The number of hydrogen-bond acceptors (Lipinski definition) is 2. The van der Waals surface area contributed by atoms with Crippen LogP contribution in [0.4, 0.5) is 0 Å². The molecule has 1 aliphatic carbocycles. The minimum absolute atomic E-state index is 0.177. The van der Waals surface area contributed by atoms with Gasteiger partial charge >= 0.3 is 0 Å². The van der Waals surface area contributed by atoms with E-state index in [0.717, 1.165) is 31.7 Å². The summed E-state index contributed by atoms with van der Waals surface area (Å²) >= 11 is 0. The van der Waals surface area contributed by atoms with Gasteiger partial charge in [-0.05, 0) is 54.9 Å². The molecule has 2 aromatic rings. The second-order valence-electron chi connectivity index (χ2n) is 7.92. The molecule has 1 amide bonds. The zero-order valence-electron chi connectivity index (χ0n) is 14.5. The molecule has 130 valence electrons. The maximum atomic E-state index is 12.9. The molecule has 0 unspecified atom stereocenters. The van der Waals surface area contributed by atoms with Crippen LogP contribution in [0.3, 0.4) is 0 Å². The number of nitrogens with one attached hydrogen (secondary N) is 1. The second-order valence-corrected chi connectivity index (χ2v) is 7.92. The van der Waals surface area contributed by atoms with Crippen LogP contribution >= 0.6 is 0 Å². The lowest BCUT2D eigenvalue weighted by molar-refractivity contribution is 0.0576. The molecule has 2 bridgehead atoms. The first-order valence-corrected chi connectivity index (χ1v) is 9.53. The molecule has 2 atom stereocenters. The summed E-state index contributed by atoms with van der Waals surface area (Å²) in [4.78, 5) is 20.8. The minimum atomic E-state index is 0.177. The van der Waals surface area contributed by atoms with Gasteiger partial charge in [0, 0.05) is 37.9 Å². The normalized spacial score (nSPS) is 26.6. The van der Waals surface area contributed by atoms with Gasteiger partial charge < -0.3 is 9.88 Å². The molecule has 0 radical (unpaired) electrons. The first-order valence-electron chi connectivity index (χ1n) is 9.53. The van der Waals surface area contributed by atoms with Crippen LogP contribution in [0.15, 0.2) is 42.6 Å². The van der Waals surface area contributed by atoms with Crippen LogP contribution in [0.2, 0.25) is 0 Å². The molecule has 3 saturated heterocycles. The van der Waals surface area contributed by atoms with Crippen LogP contribution < -0.4 is 0 Å². The number of aromatic nitrogens is 1. The van der Waals surface area contributed by atoms with Gasteiger partial charge in [0.05, 0.1) is 0 Å². The standard InChI is InChI=1S/C21H25N3O/c25-21(20-6-3-9-22-20)24-13-15-7-8-18(24)14-23(12-15)19-10-16-4-1-2-5-17(16)11-19/h1-6,9,15,18-19,22H,7-8,10-14H2/t15-,18+/m0/s1. The number of H-pyrrole nitrogens is 1. The van der Waals surface area contributed by atoms with Gasteiger partial charge in [0.25, 0.3) is 5.91 Å². The van der Waals surface area contributed by atoms with E-state index in [9.17, 15) is 4.79 Å². The van der Waals surface area contributed by atoms with Crippen molar-refractivity contribution in [2.45, 2.75) is 37.8 Å². The van der Waals surface area contributed by atoms with Crippen molar-refractivity contribution in [1.82, 2.24) is 14.8 Å². The summed E-state index contributed by atoms with van der Waals surface area (Å²) in [6.45, 7) is 3.09. The SMILES string of the molecule is O=C(c1ccc[nH]1)N1C[C@H]2CC[C@@H]1CN(C1Cc3ccccc3C1)C2. The Labute approximate surface area is 148 Å². The van der Waals surface area contributed by atoms with Crippen molar-refractivity contribution in [3.05, 3.63) is 59.4 Å². The molecule has 1 aromatic carbocycles. The van der Waals surface area contributed by atoms with E-state index in [4.69, 9.17) is 0 Å². The topological polar surface area (TPSA) is 39.3 Å². The van der Waals surface area contributed by atoms with E-state index in [-0.39, 0.29) is 5.91 Å². The first-order chi connectivity index (χ1) is 12.3. The molecule has 3 fully saturated rings. The Kier molecular flexibility index (Phi) is 3.66. The van der Waals surface area contributed by atoms with Crippen molar-refractivity contribution < 1.29 is 4.79 Å². The lowest BCUT2D eigenvalue weighted by Gasteiger charge is -2.36. The average Bonchev–Trinajstić information content (AvgIpc) is 3.23. The van der Waals surface area contributed by atoms with Crippen LogP contribution in [0.5, 0.6) is 0 Å². The molecule has 1 N–H and O–H groups in total. The van der Waals surface area contributed by atoms with E-state index >= 15 is 0 Å². The quantitative estimate of drug-likeness (QED) is 0.916. The summed E-state index contributed by atoms with van der Waals surface area (Å²) in [7, 11) is 0. The molecule has 0 spiro atoms. The number of piperidine rings is 1. The number of carbonyl (C=O) groups excluding carboxylic acids is 1. The molecule has 4 heteroatoms. The molecule has 4 nitrogen and oxygen atoms in total. The van der Waals surface area contributed by atoms with Gasteiger partial charge in [-0.3, -0.25) is 9.69 Å². The minimum Gasteiger partial charge on any atom is -0.357 e. The second kappa shape index (κ2) is 6.03. The molecular formula is C21H25N3O. The van der Waals surface area contributed by atoms with E-state index in [0.29, 0.717) is 18.0 Å². The van der Waals surface area contributed by atoms with Crippen molar-refractivity contribution in [3.8, 4) is 0 Å². The fraction of sp³-hybridized carbons (Fsp3) is 0.476. The fourth-order valence-electron chi connectivity index (χ4n) is 5.08. The van der Waals surface area contributed by atoms with Crippen LogP contribution in [-0.2, 0) is 12.8 Å². The molecule has 4 heterocycles. The van der Waals surface area contributed by atoms with Gasteiger partial charge in [-0.15, -0.1) is 0 Å². The Morgan fingerprint density at radius 3 is 2.44 bits per heavy atom. The van der Waals surface area contributed by atoms with E-state index in [1.807, 2.05) is 18.3 Å². The molecule has 0 saturated carbocycles. The van der Waals surface area contributed by atoms with Crippen LogP contribution in [0.1, 0.15) is 34.5 Å². The number of rotatable bonds is 2. The van der Waals surface area contributed by atoms with Gasteiger partial charge in [0.15, 0.2) is 0 Å². The monoisotopic (exact) mass is 335 g/mol. The van der Waals surface area contributed by atoms with E-state index < -0.39 is 0 Å². The zero-order chi connectivity index (χ0) is 16.8. The molecule has 6 rings (SSSR count). The highest BCUT2D eigenvalue weighted by Crippen LogP contribution is 2.33. The molecule has 3 aliphatic heterocycles. The van der Waals surface area contributed by atoms with E-state index in [2.05, 4.69) is 39.0 Å². The third-order valence-electron chi connectivity index (χ3n) is 6.38. The number of nitrogens with zero attached hydrogens (tertiary/aromatic N) is 2. The lowest BCUT2D eigenvalue weighted by Crippen LogP contribution is -2.48. The number of carbonyl (C=O) groups is 1. The highest BCUT2D eigenvalue weighted by Gasteiger charge is 2.40. The number of hydrogen-bond donors (Lipinski definition) is 1. The van der Waals surface area contributed by atoms with E-state index in [1.54, 1.807) is 0 Å². The number of amides is 1. The number of aromatic amines is 1. The summed E-state index contributed by atoms with van der Waals surface area (Å²) in [6, 6.07) is 13.6. The lowest BCUT2D eigenvalue weighted by atomic mass is 9.94. The van der Waals surface area contributed by atoms with Crippen molar-refractivity contribution in [2.24, 2.45) is 5.92 Å². The summed E-state index contributed by atoms with van der Waals surface area (Å²) in [5.74, 6) is 0.789. The Morgan fingerprint density at radius 2 is 1.72 bits per heavy atom. The van der Waals surface area contributed by atoms with Gasteiger partial charge in [-0.1, -0.05) is 24.3 Å². The van der Waals surface area contributed by atoms with E-state index in [1.165, 1.54) is 30.4 Å². The fourth-order valence-corrected chi connectivity index (χ4v) is 5.08. The Bertz CT molecular complexity index is 744. The van der Waals surface area contributed by atoms with Crippen LogP contribution in [-0.4, -0.2) is 52.4 Å². The summed E-state index contributed by atoms with van der Waals surface area (Å²) < 4.78 is 0. The largest absolute Gasteiger partial charge is 0.357 e. The number of benzene rings is 1. The smallest absolute Gasteiger partial charge is 0.270 e. The first kappa shape index (κ1) is 15.2. The molecule has 4 aliphatic rings.